The number of aryl methyl sites for hydroxylation is 1. The number of hydrogen-bond acceptors (Lipinski definition) is 3. The van der Waals surface area contributed by atoms with Crippen molar-refractivity contribution in [1.82, 2.24) is 10.2 Å². The van der Waals surface area contributed by atoms with E-state index < -0.39 is 6.04 Å². The fourth-order valence-corrected chi connectivity index (χ4v) is 4.73. The molecule has 0 heterocycles. The lowest BCUT2D eigenvalue weighted by atomic mass is 10.0. The minimum atomic E-state index is -0.663. The van der Waals surface area contributed by atoms with Crippen LogP contribution < -0.4 is 5.32 Å². The molecule has 6 heteroatoms. The first-order valence-electron chi connectivity index (χ1n) is 12.4. The van der Waals surface area contributed by atoms with Crippen molar-refractivity contribution in [1.29, 1.82) is 0 Å². The summed E-state index contributed by atoms with van der Waals surface area (Å²) in [7, 11) is 0. The van der Waals surface area contributed by atoms with Crippen LogP contribution in [0.25, 0.3) is 0 Å². The molecule has 3 aromatic carbocycles. The van der Waals surface area contributed by atoms with E-state index in [0.29, 0.717) is 24.3 Å². The molecular weight excluding hydrogens is 471 g/mol. The Morgan fingerprint density at radius 3 is 2.28 bits per heavy atom. The Labute approximate surface area is 218 Å². The van der Waals surface area contributed by atoms with Gasteiger partial charge in [0, 0.05) is 24.8 Å². The van der Waals surface area contributed by atoms with Gasteiger partial charge in [0.25, 0.3) is 0 Å². The molecule has 1 N–H and O–H groups in total. The first kappa shape index (κ1) is 27.5. The Kier molecular flexibility index (Phi) is 10.6. The molecule has 0 aliphatic carbocycles. The predicted molar refractivity (Wildman–Crippen MR) is 146 cm³/mol. The van der Waals surface area contributed by atoms with Crippen LogP contribution in [0, 0.1) is 12.7 Å². The summed E-state index contributed by atoms with van der Waals surface area (Å²) in [5.41, 5.74) is 3.65. The smallest absolute Gasteiger partial charge is 0.243 e. The van der Waals surface area contributed by atoms with Gasteiger partial charge in [-0.05, 0) is 43.0 Å². The largest absolute Gasteiger partial charge is 0.352 e. The third-order valence-electron chi connectivity index (χ3n) is 6.19. The lowest BCUT2D eigenvalue weighted by molar-refractivity contribution is -0.139. The van der Waals surface area contributed by atoms with Crippen molar-refractivity contribution in [2.45, 2.75) is 58.0 Å². The van der Waals surface area contributed by atoms with Gasteiger partial charge in [0.15, 0.2) is 0 Å². The Morgan fingerprint density at radius 1 is 0.944 bits per heavy atom. The lowest BCUT2D eigenvalue weighted by Gasteiger charge is -2.32. The highest BCUT2D eigenvalue weighted by atomic mass is 32.2. The molecule has 3 aromatic rings. The molecule has 190 valence electrons. The van der Waals surface area contributed by atoms with Crippen LogP contribution in [-0.4, -0.2) is 34.6 Å². The molecule has 2 amide bonds. The van der Waals surface area contributed by atoms with E-state index in [-0.39, 0.29) is 29.4 Å². The molecule has 0 aliphatic heterocycles. The SMILES string of the molecule is CC[C@H](C)NC(=O)[C@H](Cc1ccccc1)N(Cc1ccc(C)cc1)C(=O)CSCc1ccccc1F. The second-order valence-corrected chi connectivity index (χ2v) is 10.1. The van der Waals surface area contributed by atoms with Crippen LogP contribution in [0.4, 0.5) is 4.39 Å². The Hall–Kier alpha value is -3.12. The first-order valence-corrected chi connectivity index (χ1v) is 13.5. The quantitative estimate of drug-likeness (QED) is 0.332. The van der Waals surface area contributed by atoms with E-state index in [4.69, 9.17) is 0 Å². The van der Waals surface area contributed by atoms with Crippen LogP contribution >= 0.6 is 11.8 Å². The maximum atomic E-state index is 14.1. The van der Waals surface area contributed by atoms with Gasteiger partial charge in [-0.15, -0.1) is 11.8 Å². The highest BCUT2D eigenvalue weighted by Gasteiger charge is 2.30. The number of amides is 2. The number of hydrogen-bond donors (Lipinski definition) is 1. The molecule has 0 radical (unpaired) electrons. The normalized spacial score (nSPS) is 12.6. The van der Waals surface area contributed by atoms with Gasteiger partial charge in [-0.3, -0.25) is 9.59 Å². The van der Waals surface area contributed by atoms with Crippen molar-refractivity contribution < 1.29 is 14.0 Å². The number of benzene rings is 3. The molecule has 0 unspecified atom stereocenters. The average molecular weight is 507 g/mol. The van der Waals surface area contributed by atoms with Crippen molar-refractivity contribution in [3.05, 3.63) is 107 Å². The van der Waals surface area contributed by atoms with Gasteiger partial charge in [-0.25, -0.2) is 4.39 Å². The minimum absolute atomic E-state index is 0.00234. The molecule has 0 fully saturated rings. The topological polar surface area (TPSA) is 49.4 Å². The van der Waals surface area contributed by atoms with Crippen molar-refractivity contribution in [2.75, 3.05) is 5.75 Å². The van der Waals surface area contributed by atoms with E-state index in [1.807, 2.05) is 75.4 Å². The van der Waals surface area contributed by atoms with Crippen LogP contribution in [0.1, 0.15) is 42.5 Å². The number of carbonyl (C=O) groups is 2. The van der Waals surface area contributed by atoms with Crippen molar-refractivity contribution in [3.63, 3.8) is 0 Å². The van der Waals surface area contributed by atoms with Gasteiger partial charge in [-0.1, -0.05) is 85.3 Å². The van der Waals surface area contributed by atoms with Gasteiger partial charge in [-0.2, -0.15) is 0 Å². The number of thioether (sulfide) groups is 1. The summed E-state index contributed by atoms with van der Waals surface area (Å²) in [6.07, 6.45) is 1.22. The Bertz CT molecular complexity index is 1120. The summed E-state index contributed by atoms with van der Waals surface area (Å²) in [6.45, 7) is 6.33. The van der Waals surface area contributed by atoms with Gasteiger partial charge in [0.2, 0.25) is 11.8 Å². The molecule has 0 saturated heterocycles. The molecule has 3 rings (SSSR count). The molecule has 36 heavy (non-hydrogen) atoms. The summed E-state index contributed by atoms with van der Waals surface area (Å²) in [5, 5.41) is 3.08. The predicted octanol–water partition coefficient (Wildman–Crippen LogP) is 5.92. The van der Waals surface area contributed by atoms with E-state index in [1.165, 1.54) is 17.8 Å². The maximum absolute atomic E-state index is 14.1. The van der Waals surface area contributed by atoms with E-state index in [2.05, 4.69) is 5.32 Å². The van der Waals surface area contributed by atoms with Gasteiger partial charge in [0.1, 0.15) is 11.9 Å². The molecule has 0 aliphatic rings. The average Bonchev–Trinajstić information content (AvgIpc) is 2.88. The summed E-state index contributed by atoms with van der Waals surface area (Å²) in [4.78, 5) is 28.8. The van der Waals surface area contributed by atoms with E-state index in [9.17, 15) is 14.0 Å². The van der Waals surface area contributed by atoms with Gasteiger partial charge < -0.3 is 10.2 Å². The fraction of sp³-hybridized carbons (Fsp3) is 0.333. The number of nitrogens with one attached hydrogen (secondary N) is 1. The maximum Gasteiger partial charge on any atom is 0.243 e. The molecule has 0 spiro atoms. The zero-order valence-electron chi connectivity index (χ0n) is 21.2. The molecule has 0 saturated carbocycles. The van der Waals surface area contributed by atoms with E-state index in [0.717, 1.165) is 23.1 Å². The van der Waals surface area contributed by atoms with E-state index in [1.54, 1.807) is 23.1 Å². The van der Waals surface area contributed by atoms with E-state index >= 15 is 0 Å². The zero-order chi connectivity index (χ0) is 25.9. The number of rotatable bonds is 12. The van der Waals surface area contributed by atoms with Crippen molar-refractivity contribution in [2.24, 2.45) is 0 Å². The summed E-state index contributed by atoms with van der Waals surface area (Å²) < 4.78 is 14.1. The highest BCUT2D eigenvalue weighted by Crippen LogP contribution is 2.20. The zero-order valence-corrected chi connectivity index (χ0v) is 22.1. The van der Waals surface area contributed by atoms with Crippen LogP contribution in [0.5, 0.6) is 0 Å². The van der Waals surface area contributed by atoms with Gasteiger partial charge >= 0.3 is 0 Å². The summed E-state index contributed by atoms with van der Waals surface area (Å²) in [6, 6.07) is 23.7. The van der Waals surface area contributed by atoms with Crippen molar-refractivity contribution >= 4 is 23.6 Å². The van der Waals surface area contributed by atoms with Crippen LogP contribution in [-0.2, 0) is 28.3 Å². The molecule has 0 bridgehead atoms. The van der Waals surface area contributed by atoms with Crippen LogP contribution in [0.2, 0.25) is 0 Å². The summed E-state index contributed by atoms with van der Waals surface area (Å²) >= 11 is 1.36. The molecule has 4 nitrogen and oxygen atoms in total. The molecule has 2 atom stereocenters. The molecular formula is C30H35FN2O2S. The number of carbonyl (C=O) groups excluding carboxylic acids is 2. The fourth-order valence-electron chi connectivity index (χ4n) is 3.83. The molecule has 0 aromatic heterocycles. The Morgan fingerprint density at radius 2 is 1.61 bits per heavy atom. The first-order chi connectivity index (χ1) is 17.4. The van der Waals surface area contributed by atoms with Crippen molar-refractivity contribution in [3.8, 4) is 0 Å². The Balaban J connectivity index is 1.85. The lowest BCUT2D eigenvalue weighted by Crippen LogP contribution is -2.52. The number of halogens is 1. The highest BCUT2D eigenvalue weighted by molar-refractivity contribution is 7.99. The second kappa shape index (κ2) is 13.8. The third kappa shape index (κ3) is 8.23. The monoisotopic (exact) mass is 506 g/mol. The standard InChI is InChI=1S/C30H35FN2O2S/c1-4-23(3)32-30(35)28(18-24-10-6-5-7-11-24)33(19-25-16-14-22(2)15-17-25)29(34)21-36-20-26-12-8-9-13-27(26)31/h5-17,23,28H,4,18-21H2,1-3H3,(H,32,35)/t23-,28-/m0/s1. The third-order valence-corrected chi connectivity index (χ3v) is 7.15. The summed E-state index contributed by atoms with van der Waals surface area (Å²) in [5.74, 6) is -0.0323. The second-order valence-electron chi connectivity index (χ2n) is 9.11. The van der Waals surface area contributed by atoms with Crippen LogP contribution in [0.3, 0.4) is 0 Å². The van der Waals surface area contributed by atoms with Gasteiger partial charge in [0.05, 0.1) is 5.75 Å². The van der Waals surface area contributed by atoms with Crippen LogP contribution in [0.15, 0.2) is 78.9 Å². The minimum Gasteiger partial charge on any atom is -0.352 e. The number of nitrogens with zero attached hydrogens (tertiary/aromatic N) is 1.